The Balaban J connectivity index is 0. The number of halogens is 2. The Morgan fingerprint density at radius 3 is 1.21 bits per heavy atom. The van der Waals surface area contributed by atoms with Gasteiger partial charge in [-0.15, -0.1) is 0 Å². The summed E-state index contributed by atoms with van der Waals surface area (Å²) in [6.07, 6.45) is 2.71. The highest BCUT2D eigenvalue weighted by atomic mass is 19.1. The molecule has 0 bridgehead atoms. The van der Waals surface area contributed by atoms with Crippen molar-refractivity contribution in [1.29, 1.82) is 0 Å². The molecule has 0 amide bonds. The van der Waals surface area contributed by atoms with Crippen LogP contribution in [-0.4, -0.2) is 59.7 Å². The van der Waals surface area contributed by atoms with Crippen molar-refractivity contribution in [3.05, 3.63) is 0 Å². The first-order chi connectivity index (χ1) is 11.1. The average molecular weight is 356 g/mol. The van der Waals surface area contributed by atoms with Gasteiger partial charge < -0.3 is 33.1 Å². The van der Waals surface area contributed by atoms with E-state index in [1.54, 1.807) is 0 Å². The molecule has 144 valence electrons. The van der Waals surface area contributed by atoms with Crippen molar-refractivity contribution in [1.82, 2.24) is 0 Å². The van der Waals surface area contributed by atoms with Crippen molar-refractivity contribution in [2.75, 3.05) is 26.4 Å². The molecule has 0 saturated heterocycles. The van der Waals surface area contributed by atoms with Gasteiger partial charge in [-0.25, -0.2) is 8.78 Å². The van der Waals surface area contributed by atoms with Crippen molar-refractivity contribution in [2.24, 2.45) is 22.9 Å². The lowest BCUT2D eigenvalue weighted by Gasteiger charge is -2.20. The monoisotopic (exact) mass is 356 g/mol. The van der Waals surface area contributed by atoms with Crippen LogP contribution < -0.4 is 22.9 Å². The first-order valence-corrected chi connectivity index (χ1v) is 7.70. The van der Waals surface area contributed by atoms with E-state index < -0.39 is 36.4 Å². The zero-order chi connectivity index (χ0) is 19.2. The van der Waals surface area contributed by atoms with Crippen LogP contribution in [0.2, 0.25) is 0 Å². The van der Waals surface area contributed by atoms with Gasteiger partial charge in [-0.2, -0.15) is 0 Å². The number of carboxylic acids is 2. The normalized spacial score (nSPS) is 15.6. The van der Waals surface area contributed by atoms with Gasteiger partial charge in [-0.1, -0.05) is 0 Å². The van der Waals surface area contributed by atoms with Gasteiger partial charge in [0.15, 0.2) is 0 Å². The van der Waals surface area contributed by atoms with Gasteiger partial charge in [0.25, 0.3) is 0 Å². The second kappa shape index (κ2) is 13.0. The molecule has 0 aliphatic heterocycles. The molecular weight excluding hydrogens is 326 g/mol. The van der Waals surface area contributed by atoms with E-state index in [0.29, 0.717) is 38.8 Å². The number of unbranched alkanes of at least 4 members (excludes halogenated alkanes) is 2. The average Bonchev–Trinajstić information content (AvgIpc) is 2.55. The molecule has 0 heterocycles. The highest BCUT2D eigenvalue weighted by Gasteiger charge is 2.33. The fourth-order valence-corrected chi connectivity index (χ4v) is 1.63. The van der Waals surface area contributed by atoms with Crippen LogP contribution in [0.1, 0.15) is 38.5 Å². The molecule has 0 saturated carbocycles. The summed E-state index contributed by atoms with van der Waals surface area (Å²) in [6.45, 7) is -1.12. The van der Waals surface area contributed by atoms with E-state index in [2.05, 4.69) is 0 Å². The summed E-state index contributed by atoms with van der Waals surface area (Å²) in [5.41, 5.74) is 17.5. The van der Waals surface area contributed by atoms with Crippen LogP contribution >= 0.6 is 0 Å². The zero-order valence-electron chi connectivity index (χ0n) is 13.8. The summed E-state index contributed by atoms with van der Waals surface area (Å²) in [5, 5.41) is 17.1. The third kappa shape index (κ3) is 9.71. The maximum Gasteiger partial charge on any atom is 0.326 e. The van der Waals surface area contributed by atoms with Crippen LogP contribution in [0.25, 0.3) is 0 Å². The second-order valence-corrected chi connectivity index (χ2v) is 5.68. The quantitative estimate of drug-likeness (QED) is 0.259. The fraction of sp³-hybridized carbons (Fsp3) is 0.857. The molecule has 24 heavy (non-hydrogen) atoms. The summed E-state index contributed by atoms with van der Waals surface area (Å²) < 4.78 is 24.4. The molecule has 0 spiro atoms. The van der Waals surface area contributed by atoms with Crippen LogP contribution in [0.15, 0.2) is 0 Å². The van der Waals surface area contributed by atoms with Crippen molar-refractivity contribution in [3.8, 4) is 0 Å². The molecule has 0 aliphatic rings. The number of rotatable bonds is 12. The summed E-state index contributed by atoms with van der Waals surface area (Å²) >= 11 is 0. The molecule has 10 heteroatoms. The molecule has 0 radical (unpaired) electrons. The highest BCUT2D eigenvalue weighted by Crippen LogP contribution is 2.12. The SMILES string of the molecule is NCCCCC(N)(CF)C(=O)O.NCCCC[C@@](N)(CF)C(=O)O. The molecule has 0 aromatic rings. The molecule has 0 aromatic carbocycles. The largest absolute Gasteiger partial charge is 0.480 e. The lowest BCUT2D eigenvalue weighted by molar-refractivity contribution is -0.145. The van der Waals surface area contributed by atoms with E-state index in [9.17, 15) is 18.4 Å². The van der Waals surface area contributed by atoms with Gasteiger partial charge in [0.05, 0.1) is 0 Å². The van der Waals surface area contributed by atoms with Crippen LogP contribution in [-0.2, 0) is 9.59 Å². The number of nitrogens with two attached hydrogens (primary N) is 4. The molecule has 0 rings (SSSR count). The van der Waals surface area contributed by atoms with Gasteiger partial charge in [-0.3, -0.25) is 9.59 Å². The molecular formula is C14H30F2N4O4. The number of carbonyl (C=O) groups is 2. The smallest absolute Gasteiger partial charge is 0.326 e. The number of hydrogen-bond acceptors (Lipinski definition) is 6. The Labute approximate surface area is 140 Å². The third-order valence-corrected chi connectivity index (χ3v) is 3.48. The van der Waals surface area contributed by atoms with Crippen molar-refractivity contribution < 1.29 is 28.6 Å². The van der Waals surface area contributed by atoms with Gasteiger partial charge in [0.1, 0.15) is 24.4 Å². The topological polar surface area (TPSA) is 179 Å². The first-order valence-electron chi connectivity index (χ1n) is 7.70. The number of hydrogen-bond donors (Lipinski definition) is 6. The van der Waals surface area contributed by atoms with E-state index in [1.807, 2.05) is 0 Å². The predicted molar refractivity (Wildman–Crippen MR) is 86.9 cm³/mol. The van der Waals surface area contributed by atoms with Crippen molar-refractivity contribution >= 4 is 11.9 Å². The van der Waals surface area contributed by atoms with Crippen LogP contribution in [0, 0.1) is 0 Å². The third-order valence-electron chi connectivity index (χ3n) is 3.48. The van der Waals surface area contributed by atoms with E-state index in [1.165, 1.54) is 0 Å². The van der Waals surface area contributed by atoms with E-state index in [0.717, 1.165) is 0 Å². The fourth-order valence-electron chi connectivity index (χ4n) is 1.63. The van der Waals surface area contributed by atoms with Gasteiger partial charge in [-0.05, 0) is 51.6 Å². The van der Waals surface area contributed by atoms with Crippen LogP contribution in [0.5, 0.6) is 0 Å². The Kier molecular flexibility index (Phi) is 13.5. The standard InChI is InChI=1S/2C7H15FN2O2/c2*8-5-7(10,6(11)12)3-1-2-4-9/h2*1-5,9-10H2,(H,11,12)/t7-;/m1./s1. The first kappa shape index (κ1) is 24.9. The Morgan fingerprint density at radius 1 is 0.750 bits per heavy atom. The van der Waals surface area contributed by atoms with E-state index >= 15 is 0 Å². The van der Waals surface area contributed by atoms with Crippen molar-refractivity contribution in [3.63, 3.8) is 0 Å². The summed E-state index contributed by atoms with van der Waals surface area (Å²) in [6, 6.07) is 0. The summed E-state index contributed by atoms with van der Waals surface area (Å²) in [7, 11) is 0. The summed E-state index contributed by atoms with van der Waals surface area (Å²) in [4.78, 5) is 20.9. The Morgan fingerprint density at radius 2 is 1.04 bits per heavy atom. The molecule has 0 aliphatic carbocycles. The number of carboxylic acid groups (broad SMARTS) is 2. The second-order valence-electron chi connectivity index (χ2n) is 5.68. The Hall–Kier alpha value is -1.36. The molecule has 0 fully saturated rings. The van der Waals surface area contributed by atoms with Crippen molar-refractivity contribution in [2.45, 2.75) is 49.6 Å². The molecule has 0 aromatic heterocycles. The maximum atomic E-state index is 12.2. The molecule has 8 nitrogen and oxygen atoms in total. The van der Waals surface area contributed by atoms with E-state index in [-0.39, 0.29) is 12.8 Å². The van der Waals surface area contributed by atoms with Gasteiger partial charge in [0.2, 0.25) is 0 Å². The summed E-state index contributed by atoms with van der Waals surface area (Å²) in [5.74, 6) is -2.58. The highest BCUT2D eigenvalue weighted by molar-refractivity contribution is 5.78. The minimum Gasteiger partial charge on any atom is -0.480 e. The number of alkyl halides is 2. The number of aliphatic carboxylic acids is 2. The molecule has 2 atom stereocenters. The van der Waals surface area contributed by atoms with Gasteiger partial charge in [0, 0.05) is 0 Å². The van der Waals surface area contributed by atoms with Crippen LogP contribution in [0.4, 0.5) is 8.78 Å². The molecule has 10 N–H and O–H groups in total. The van der Waals surface area contributed by atoms with Crippen LogP contribution in [0.3, 0.4) is 0 Å². The van der Waals surface area contributed by atoms with E-state index in [4.69, 9.17) is 33.1 Å². The zero-order valence-corrected chi connectivity index (χ0v) is 13.8. The minimum atomic E-state index is -1.71. The Bertz CT molecular complexity index is 343. The molecule has 1 unspecified atom stereocenters. The predicted octanol–water partition coefficient (Wildman–Crippen LogP) is -0.266. The minimum absolute atomic E-state index is 0.135. The lowest BCUT2D eigenvalue weighted by atomic mass is 9.95. The lowest BCUT2D eigenvalue weighted by Crippen LogP contribution is -2.50. The van der Waals surface area contributed by atoms with Gasteiger partial charge >= 0.3 is 11.9 Å². The maximum absolute atomic E-state index is 12.2.